The Balaban J connectivity index is 2.30. The molecule has 1 heterocycles. The van der Waals surface area contributed by atoms with Crippen LogP contribution in [0.1, 0.15) is 13.3 Å². The summed E-state index contributed by atoms with van der Waals surface area (Å²) in [5.74, 6) is 0.875. The smallest absolute Gasteiger partial charge is 0.0960 e. The summed E-state index contributed by atoms with van der Waals surface area (Å²) < 4.78 is 0. The van der Waals surface area contributed by atoms with Crippen LogP contribution in [0, 0.1) is 11.3 Å². The largest absolute Gasteiger partial charge is 0.302 e. The average Bonchev–Trinajstić information content (AvgIpc) is 2.30. The van der Waals surface area contributed by atoms with E-state index < -0.39 is 0 Å². The van der Waals surface area contributed by atoms with Crippen molar-refractivity contribution >= 4 is 23.4 Å². The third-order valence-electron chi connectivity index (χ3n) is 1.96. The monoisotopic (exact) mass is 255 g/mol. The minimum absolute atomic E-state index is 0.0650. The summed E-state index contributed by atoms with van der Waals surface area (Å²) in [5.41, 5.74) is 0. The molecule has 0 bridgehead atoms. The van der Waals surface area contributed by atoms with Crippen molar-refractivity contribution in [1.29, 1.82) is 5.26 Å². The number of hydrogen-bond acceptors (Lipinski definition) is 4. The first kappa shape index (κ1) is 13.3. The van der Waals surface area contributed by atoms with Crippen molar-refractivity contribution in [3.8, 4) is 6.07 Å². The van der Waals surface area contributed by atoms with Gasteiger partial charge in [-0.25, -0.2) is 4.98 Å². The summed E-state index contributed by atoms with van der Waals surface area (Å²) in [6.07, 6.45) is 2.45. The van der Waals surface area contributed by atoms with Gasteiger partial charge in [-0.2, -0.15) is 5.26 Å². The summed E-state index contributed by atoms with van der Waals surface area (Å²) in [7, 11) is 0. The lowest BCUT2D eigenvalue weighted by Crippen LogP contribution is -2.27. The molecular weight excluding hydrogens is 242 g/mol. The Labute approximate surface area is 105 Å². The van der Waals surface area contributed by atoms with Crippen LogP contribution in [0.3, 0.4) is 0 Å². The molecule has 1 N–H and O–H groups in total. The van der Waals surface area contributed by atoms with Crippen LogP contribution in [-0.2, 0) is 0 Å². The molecule has 0 amide bonds. The van der Waals surface area contributed by atoms with E-state index in [0.29, 0.717) is 5.02 Å². The maximum absolute atomic E-state index is 8.84. The zero-order valence-corrected chi connectivity index (χ0v) is 10.7. The number of hydrogen-bond donors (Lipinski definition) is 1. The van der Waals surface area contributed by atoms with Crippen LogP contribution in [0.4, 0.5) is 0 Å². The van der Waals surface area contributed by atoms with Crippen LogP contribution in [0.15, 0.2) is 23.4 Å². The van der Waals surface area contributed by atoms with E-state index in [4.69, 9.17) is 16.9 Å². The predicted molar refractivity (Wildman–Crippen MR) is 67.7 cm³/mol. The summed E-state index contributed by atoms with van der Waals surface area (Å²) in [5, 5.41) is 13.5. The second-order valence-corrected chi connectivity index (χ2v) is 4.74. The molecule has 1 aromatic rings. The van der Waals surface area contributed by atoms with E-state index in [2.05, 4.69) is 16.4 Å². The van der Waals surface area contributed by atoms with Gasteiger partial charge in [0, 0.05) is 11.9 Å². The first-order valence-corrected chi connectivity index (χ1v) is 6.50. The SMILES string of the molecule is CCNC(C#N)CCSc1ccc(Cl)cn1. The molecule has 0 aliphatic heterocycles. The molecule has 16 heavy (non-hydrogen) atoms. The van der Waals surface area contributed by atoms with E-state index in [1.807, 2.05) is 19.1 Å². The van der Waals surface area contributed by atoms with Gasteiger partial charge in [0.25, 0.3) is 0 Å². The van der Waals surface area contributed by atoms with Crippen molar-refractivity contribution in [1.82, 2.24) is 10.3 Å². The molecule has 0 saturated carbocycles. The first-order chi connectivity index (χ1) is 7.76. The van der Waals surface area contributed by atoms with Crippen molar-refractivity contribution in [3.05, 3.63) is 23.4 Å². The van der Waals surface area contributed by atoms with Crippen LogP contribution >= 0.6 is 23.4 Å². The van der Waals surface area contributed by atoms with Crippen LogP contribution in [0.5, 0.6) is 0 Å². The quantitative estimate of drug-likeness (QED) is 0.794. The fourth-order valence-corrected chi connectivity index (χ4v) is 2.15. The Morgan fingerprint density at radius 1 is 1.62 bits per heavy atom. The van der Waals surface area contributed by atoms with E-state index in [9.17, 15) is 0 Å². The van der Waals surface area contributed by atoms with E-state index in [1.165, 1.54) is 0 Å². The van der Waals surface area contributed by atoms with Crippen LogP contribution in [-0.4, -0.2) is 23.3 Å². The molecule has 0 aliphatic rings. The lowest BCUT2D eigenvalue weighted by atomic mass is 10.2. The molecule has 0 saturated heterocycles. The van der Waals surface area contributed by atoms with Crippen LogP contribution in [0.2, 0.25) is 5.02 Å². The molecule has 0 aliphatic carbocycles. The standard InChI is InChI=1S/C11H14ClN3S/c1-2-14-10(7-13)5-6-16-11-4-3-9(12)8-15-11/h3-4,8,10,14H,2,5-6H2,1H3. The maximum Gasteiger partial charge on any atom is 0.0960 e. The van der Waals surface area contributed by atoms with E-state index >= 15 is 0 Å². The molecule has 1 aromatic heterocycles. The number of thioether (sulfide) groups is 1. The number of pyridine rings is 1. The molecule has 0 fully saturated rings. The normalized spacial score (nSPS) is 12.1. The van der Waals surface area contributed by atoms with Gasteiger partial charge >= 0.3 is 0 Å². The number of nitriles is 1. The summed E-state index contributed by atoms with van der Waals surface area (Å²) in [6.45, 7) is 2.82. The Morgan fingerprint density at radius 3 is 3.00 bits per heavy atom. The minimum Gasteiger partial charge on any atom is -0.302 e. The first-order valence-electron chi connectivity index (χ1n) is 5.13. The third-order valence-corrected chi connectivity index (χ3v) is 3.16. The zero-order valence-electron chi connectivity index (χ0n) is 9.11. The van der Waals surface area contributed by atoms with Gasteiger partial charge < -0.3 is 5.32 Å². The number of nitrogens with zero attached hydrogens (tertiary/aromatic N) is 2. The highest BCUT2D eigenvalue weighted by Gasteiger charge is 2.05. The van der Waals surface area contributed by atoms with E-state index in [-0.39, 0.29) is 6.04 Å². The highest BCUT2D eigenvalue weighted by atomic mass is 35.5. The zero-order chi connectivity index (χ0) is 11.8. The summed E-state index contributed by atoms with van der Waals surface area (Å²) in [4.78, 5) is 4.17. The second kappa shape index (κ2) is 7.50. The van der Waals surface area contributed by atoms with Gasteiger partial charge in [0.1, 0.15) is 0 Å². The van der Waals surface area contributed by atoms with Crippen molar-refractivity contribution in [2.45, 2.75) is 24.4 Å². The average molecular weight is 256 g/mol. The van der Waals surface area contributed by atoms with Gasteiger partial charge in [0.15, 0.2) is 0 Å². The fraction of sp³-hybridized carbons (Fsp3) is 0.455. The van der Waals surface area contributed by atoms with Crippen molar-refractivity contribution < 1.29 is 0 Å². The van der Waals surface area contributed by atoms with Crippen LogP contribution in [0.25, 0.3) is 0 Å². The molecule has 3 nitrogen and oxygen atoms in total. The Hall–Kier alpha value is -0.760. The maximum atomic E-state index is 8.84. The second-order valence-electron chi connectivity index (χ2n) is 3.19. The van der Waals surface area contributed by atoms with Gasteiger partial charge in [-0.15, -0.1) is 11.8 Å². The molecule has 1 rings (SSSR count). The van der Waals surface area contributed by atoms with Gasteiger partial charge in [0.2, 0.25) is 0 Å². The van der Waals surface area contributed by atoms with E-state index in [0.717, 1.165) is 23.7 Å². The lowest BCUT2D eigenvalue weighted by molar-refractivity contribution is 0.613. The Morgan fingerprint density at radius 2 is 2.44 bits per heavy atom. The molecular formula is C11H14ClN3S. The third kappa shape index (κ3) is 4.84. The topological polar surface area (TPSA) is 48.7 Å². The number of aromatic nitrogens is 1. The number of nitrogens with one attached hydrogen (secondary N) is 1. The molecule has 1 atom stereocenters. The van der Waals surface area contributed by atoms with Gasteiger partial charge in [0.05, 0.1) is 22.2 Å². The fourth-order valence-electron chi connectivity index (χ4n) is 1.19. The Bertz CT molecular complexity index is 347. The van der Waals surface area contributed by atoms with Gasteiger partial charge in [-0.05, 0) is 25.1 Å². The van der Waals surface area contributed by atoms with Crippen molar-refractivity contribution in [2.24, 2.45) is 0 Å². The minimum atomic E-state index is -0.0650. The Kier molecular flexibility index (Phi) is 6.24. The van der Waals surface area contributed by atoms with Gasteiger partial charge in [-0.3, -0.25) is 0 Å². The summed E-state index contributed by atoms with van der Waals surface area (Å²) in [6, 6.07) is 5.88. The highest BCUT2D eigenvalue weighted by molar-refractivity contribution is 7.99. The molecule has 0 spiro atoms. The lowest BCUT2D eigenvalue weighted by Gasteiger charge is -2.08. The van der Waals surface area contributed by atoms with E-state index in [1.54, 1.807) is 18.0 Å². The number of rotatable bonds is 6. The molecule has 1 unspecified atom stereocenters. The van der Waals surface area contributed by atoms with Crippen LogP contribution < -0.4 is 5.32 Å². The summed E-state index contributed by atoms with van der Waals surface area (Å²) >= 11 is 7.37. The number of halogens is 1. The molecule has 0 radical (unpaired) electrons. The van der Waals surface area contributed by atoms with Gasteiger partial charge in [-0.1, -0.05) is 18.5 Å². The van der Waals surface area contributed by atoms with Crippen molar-refractivity contribution in [2.75, 3.05) is 12.3 Å². The molecule has 0 aromatic carbocycles. The molecule has 5 heteroatoms. The highest BCUT2D eigenvalue weighted by Crippen LogP contribution is 2.18. The predicted octanol–water partition coefficient (Wildman–Crippen LogP) is 2.72. The van der Waals surface area contributed by atoms with Crippen molar-refractivity contribution in [3.63, 3.8) is 0 Å². The molecule has 86 valence electrons.